The molecule has 2 rings (SSSR count). The second-order valence-electron chi connectivity index (χ2n) is 5.47. The molecule has 2 aromatic rings. The number of carbonyl (C=O) groups excluding carboxylic acids is 2. The van der Waals surface area contributed by atoms with E-state index in [2.05, 4.69) is 0 Å². The van der Waals surface area contributed by atoms with Crippen LogP contribution >= 0.6 is 0 Å². The van der Waals surface area contributed by atoms with E-state index in [-0.39, 0.29) is 0 Å². The number of amides is 1. The van der Waals surface area contributed by atoms with E-state index in [1.54, 1.807) is 48.4 Å². The maximum Gasteiger partial charge on any atom is 0.415 e. The Balaban J connectivity index is 2.38. The van der Waals surface area contributed by atoms with E-state index in [9.17, 15) is 9.59 Å². The van der Waals surface area contributed by atoms with Crippen molar-refractivity contribution in [2.24, 2.45) is 0 Å². The summed E-state index contributed by atoms with van der Waals surface area (Å²) >= 11 is 0. The Hall–Kier alpha value is -3.02. The molecule has 0 aliphatic carbocycles. The molecule has 0 spiro atoms. The minimum absolute atomic E-state index is 0.395. The zero-order valence-corrected chi connectivity index (χ0v) is 15.4. The first-order valence-corrected chi connectivity index (χ1v) is 8.37. The second-order valence-corrected chi connectivity index (χ2v) is 5.47. The molecule has 0 atom stereocenters. The molecule has 138 valence electrons. The third-order valence-corrected chi connectivity index (χ3v) is 4.02. The smallest absolute Gasteiger partial charge is 0.415 e. The van der Waals surface area contributed by atoms with Crippen LogP contribution in [-0.4, -0.2) is 44.3 Å². The van der Waals surface area contributed by atoms with Gasteiger partial charge in [0.1, 0.15) is 11.5 Å². The van der Waals surface area contributed by atoms with Gasteiger partial charge in [0.15, 0.2) is 0 Å². The fourth-order valence-corrected chi connectivity index (χ4v) is 2.50. The Kier molecular flexibility index (Phi) is 6.60. The molecule has 0 saturated heterocycles. The van der Waals surface area contributed by atoms with Crippen LogP contribution in [0.25, 0.3) is 11.1 Å². The van der Waals surface area contributed by atoms with E-state index >= 15 is 0 Å². The lowest BCUT2D eigenvalue weighted by molar-refractivity contribution is 0.0600. The molecule has 0 aliphatic rings. The highest BCUT2D eigenvalue weighted by Crippen LogP contribution is 2.34. The van der Waals surface area contributed by atoms with Gasteiger partial charge in [-0.2, -0.15) is 0 Å². The van der Waals surface area contributed by atoms with Gasteiger partial charge in [0.25, 0.3) is 0 Å². The van der Waals surface area contributed by atoms with Gasteiger partial charge in [-0.25, -0.2) is 9.59 Å². The predicted molar refractivity (Wildman–Crippen MR) is 98.7 cm³/mol. The largest absolute Gasteiger partial charge is 0.497 e. The summed E-state index contributed by atoms with van der Waals surface area (Å²) in [6.45, 7) is 4.90. The summed E-state index contributed by atoms with van der Waals surface area (Å²) in [6.07, 6.45) is -0.421. The zero-order valence-electron chi connectivity index (χ0n) is 15.4. The van der Waals surface area contributed by atoms with Crippen LogP contribution in [0.2, 0.25) is 0 Å². The third kappa shape index (κ3) is 4.33. The average Bonchev–Trinajstić information content (AvgIpc) is 2.68. The van der Waals surface area contributed by atoms with Gasteiger partial charge in [0.2, 0.25) is 0 Å². The summed E-state index contributed by atoms with van der Waals surface area (Å²) in [5.74, 6) is 0.578. The van der Waals surface area contributed by atoms with Crippen molar-refractivity contribution >= 4 is 12.1 Å². The molecule has 6 nitrogen and oxygen atoms in total. The SMILES string of the molecule is CCN(CC)C(=O)Oc1cc(OC)ccc1-c1ccc(C(=O)OC)cc1. The van der Waals surface area contributed by atoms with Crippen LogP contribution in [0, 0.1) is 0 Å². The quantitative estimate of drug-likeness (QED) is 0.732. The van der Waals surface area contributed by atoms with E-state index in [4.69, 9.17) is 14.2 Å². The van der Waals surface area contributed by atoms with E-state index < -0.39 is 12.1 Å². The Morgan fingerprint density at radius 3 is 2.15 bits per heavy atom. The van der Waals surface area contributed by atoms with Gasteiger partial charge in [0.05, 0.1) is 19.8 Å². The molecule has 0 aromatic heterocycles. The number of benzene rings is 2. The molecule has 6 heteroatoms. The van der Waals surface area contributed by atoms with Crippen LogP contribution in [0.15, 0.2) is 42.5 Å². The Morgan fingerprint density at radius 2 is 1.62 bits per heavy atom. The molecule has 0 radical (unpaired) electrons. The fraction of sp³-hybridized carbons (Fsp3) is 0.300. The van der Waals surface area contributed by atoms with Crippen LogP contribution in [0.1, 0.15) is 24.2 Å². The molecule has 1 amide bonds. The maximum atomic E-state index is 12.3. The molecule has 0 bridgehead atoms. The van der Waals surface area contributed by atoms with Crippen molar-refractivity contribution in [1.82, 2.24) is 4.90 Å². The number of methoxy groups -OCH3 is 2. The lowest BCUT2D eigenvalue weighted by Crippen LogP contribution is -2.33. The number of hydrogen-bond acceptors (Lipinski definition) is 5. The summed E-state index contributed by atoms with van der Waals surface area (Å²) in [5, 5.41) is 0. The molecule has 0 aliphatic heterocycles. The molecule has 0 heterocycles. The third-order valence-electron chi connectivity index (χ3n) is 4.02. The fourth-order valence-electron chi connectivity index (χ4n) is 2.50. The molecule has 26 heavy (non-hydrogen) atoms. The Bertz CT molecular complexity index is 766. The molecular formula is C20H23NO5. The van der Waals surface area contributed by atoms with Crippen molar-refractivity contribution in [2.75, 3.05) is 27.3 Å². The number of ether oxygens (including phenoxy) is 3. The molecule has 0 saturated carbocycles. The first-order valence-electron chi connectivity index (χ1n) is 8.37. The molecule has 0 unspecified atom stereocenters. The number of nitrogens with zero attached hydrogens (tertiary/aromatic N) is 1. The minimum Gasteiger partial charge on any atom is -0.497 e. The monoisotopic (exact) mass is 357 g/mol. The Labute approximate surface area is 153 Å². The second kappa shape index (κ2) is 8.89. The minimum atomic E-state index is -0.421. The Morgan fingerprint density at radius 1 is 0.962 bits per heavy atom. The maximum absolute atomic E-state index is 12.3. The van der Waals surface area contributed by atoms with Crippen molar-refractivity contribution in [1.29, 1.82) is 0 Å². The van der Waals surface area contributed by atoms with Crippen molar-refractivity contribution in [3.05, 3.63) is 48.0 Å². The van der Waals surface area contributed by atoms with Gasteiger partial charge in [-0.1, -0.05) is 12.1 Å². The van der Waals surface area contributed by atoms with Crippen molar-refractivity contribution in [3.8, 4) is 22.6 Å². The summed E-state index contributed by atoms with van der Waals surface area (Å²) < 4.78 is 15.5. The highest BCUT2D eigenvalue weighted by atomic mass is 16.6. The lowest BCUT2D eigenvalue weighted by Gasteiger charge is -2.19. The topological polar surface area (TPSA) is 65.1 Å². The first kappa shape index (κ1) is 19.3. The van der Waals surface area contributed by atoms with Crippen LogP contribution < -0.4 is 9.47 Å². The molecule has 0 fully saturated rings. The number of hydrogen-bond donors (Lipinski definition) is 0. The van der Waals surface area contributed by atoms with Gasteiger partial charge in [-0.3, -0.25) is 0 Å². The van der Waals surface area contributed by atoms with Crippen LogP contribution in [-0.2, 0) is 4.74 Å². The normalized spacial score (nSPS) is 10.2. The van der Waals surface area contributed by atoms with E-state index in [0.29, 0.717) is 30.2 Å². The van der Waals surface area contributed by atoms with E-state index in [0.717, 1.165) is 11.1 Å². The van der Waals surface area contributed by atoms with Crippen LogP contribution in [0.4, 0.5) is 4.79 Å². The van der Waals surface area contributed by atoms with Gasteiger partial charge in [0, 0.05) is 24.7 Å². The van der Waals surface area contributed by atoms with Crippen LogP contribution in [0.3, 0.4) is 0 Å². The lowest BCUT2D eigenvalue weighted by atomic mass is 10.0. The zero-order chi connectivity index (χ0) is 19.1. The highest BCUT2D eigenvalue weighted by Gasteiger charge is 2.17. The van der Waals surface area contributed by atoms with E-state index in [1.165, 1.54) is 7.11 Å². The standard InChI is InChI=1S/C20H23NO5/c1-5-21(6-2)20(23)26-18-13-16(24-3)11-12-17(18)14-7-9-15(10-8-14)19(22)25-4/h7-13H,5-6H2,1-4H3. The predicted octanol–water partition coefficient (Wildman–Crippen LogP) is 3.99. The number of rotatable bonds is 6. The summed E-state index contributed by atoms with van der Waals surface area (Å²) in [4.78, 5) is 25.5. The van der Waals surface area contributed by atoms with Gasteiger partial charge in [-0.05, 0) is 43.7 Å². The van der Waals surface area contributed by atoms with Crippen LogP contribution in [0.5, 0.6) is 11.5 Å². The van der Waals surface area contributed by atoms with Crippen molar-refractivity contribution in [3.63, 3.8) is 0 Å². The highest BCUT2D eigenvalue weighted by molar-refractivity contribution is 5.90. The molecule has 0 N–H and O–H groups in total. The van der Waals surface area contributed by atoms with Gasteiger partial charge >= 0.3 is 12.1 Å². The van der Waals surface area contributed by atoms with E-state index in [1.807, 2.05) is 19.9 Å². The van der Waals surface area contributed by atoms with Gasteiger partial charge < -0.3 is 19.1 Å². The summed E-state index contributed by atoms with van der Waals surface area (Å²) in [5.41, 5.74) is 1.98. The van der Waals surface area contributed by atoms with Crippen molar-refractivity contribution in [2.45, 2.75) is 13.8 Å². The summed E-state index contributed by atoms with van der Waals surface area (Å²) in [6, 6.07) is 12.2. The van der Waals surface area contributed by atoms with Crippen molar-refractivity contribution < 1.29 is 23.8 Å². The number of esters is 1. The average molecular weight is 357 g/mol. The molecular weight excluding hydrogens is 334 g/mol. The number of carbonyl (C=O) groups is 2. The van der Waals surface area contributed by atoms with Gasteiger partial charge in [-0.15, -0.1) is 0 Å². The summed E-state index contributed by atoms with van der Waals surface area (Å²) in [7, 11) is 2.89. The molecule has 2 aromatic carbocycles. The first-order chi connectivity index (χ1) is 12.5.